The average Bonchev–Trinajstić information content (AvgIpc) is 2.14. The number of aromatic nitrogens is 1. The highest BCUT2D eigenvalue weighted by molar-refractivity contribution is 6.04. The van der Waals surface area contributed by atoms with Gasteiger partial charge >= 0.3 is 0 Å². The molecule has 1 aromatic heterocycles. The van der Waals surface area contributed by atoms with Gasteiger partial charge < -0.3 is 14.7 Å². The molecule has 0 radical (unpaired) electrons. The van der Waals surface area contributed by atoms with Crippen molar-refractivity contribution in [1.82, 2.24) is 4.98 Å². The Morgan fingerprint density at radius 2 is 0.807 bits per heavy atom. The molecule has 5 heteroatoms. The van der Waals surface area contributed by atoms with Gasteiger partial charge in [0.2, 0.25) is 0 Å². The van der Waals surface area contributed by atoms with Crippen molar-refractivity contribution in [1.29, 1.82) is 0 Å². The van der Waals surface area contributed by atoms with Crippen LogP contribution in [-0.4, -0.2) is 11.7 Å². The summed E-state index contributed by atoms with van der Waals surface area (Å²) in [6, 6.07) is 113. The van der Waals surface area contributed by atoms with E-state index in [0.717, 1.165) is 108 Å². The molecule has 0 saturated carbocycles. The van der Waals surface area contributed by atoms with Gasteiger partial charge in [0.05, 0.1) is 28.4 Å². The van der Waals surface area contributed by atoms with E-state index in [4.69, 9.17) is 4.98 Å². The van der Waals surface area contributed by atoms with E-state index >= 15 is 0 Å². The second-order valence-electron chi connectivity index (χ2n) is 24.2. The summed E-state index contributed by atoms with van der Waals surface area (Å²) >= 11 is 0. The van der Waals surface area contributed by atoms with Gasteiger partial charge in [-0.2, -0.15) is 0 Å². The molecule has 0 amide bonds. The predicted octanol–water partition coefficient (Wildman–Crippen LogP) is 22.8. The predicted molar refractivity (Wildman–Crippen MR) is 370 cm³/mol. The average molecular weight is 1130 g/mol. The summed E-state index contributed by atoms with van der Waals surface area (Å²) in [5, 5.41) is 0. The summed E-state index contributed by atoms with van der Waals surface area (Å²) in [6.45, 7) is 7.46. The Hall–Kier alpha value is -11.0. The first-order chi connectivity index (χ1) is 43.3. The number of fused-ring (bicyclic) bond motifs is 6. The molecule has 2 aliphatic rings. The van der Waals surface area contributed by atoms with E-state index < -0.39 is 0 Å². The number of hydrogen-bond donors (Lipinski definition) is 0. The van der Waals surface area contributed by atoms with Crippen molar-refractivity contribution < 1.29 is 0 Å². The van der Waals surface area contributed by atoms with Gasteiger partial charge in [-0.15, -0.1) is 0 Å². The van der Waals surface area contributed by atoms with E-state index in [1.165, 1.54) is 38.9 Å². The van der Waals surface area contributed by atoms with Crippen LogP contribution >= 0.6 is 0 Å². The van der Waals surface area contributed by atoms with Gasteiger partial charge in [-0.1, -0.05) is 245 Å². The van der Waals surface area contributed by atoms with E-state index in [9.17, 15) is 0 Å². The number of rotatable bonds is 12. The normalized spacial score (nSPS) is 12.4. The zero-order valence-electron chi connectivity index (χ0n) is 49.7. The molecule has 5 nitrogen and oxygen atoms in total. The highest BCUT2D eigenvalue weighted by atomic mass is 15.4. The van der Waals surface area contributed by atoms with Gasteiger partial charge in [0.25, 0.3) is 0 Å². The van der Waals surface area contributed by atoms with Crippen LogP contribution in [0, 0.1) is 5.41 Å². The second-order valence-corrected chi connectivity index (χ2v) is 24.2. The zero-order valence-corrected chi connectivity index (χ0v) is 49.7. The molecular formula is C83H65N5. The summed E-state index contributed by atoms with van der Waals surface area (Å²) in [5.74, 6) is 0.884. The van der Waals surface area contributed by atoms with Gasteiger partial charge in [0.15, 0.2) is 0 Å². The second kappa shape index (κ2) is 22.8. The fourth-order valence-electron chi connectivity index (χ4n) is 13.2. The van der Waals surface area contributed by atoms with Gasteiger partial charge in [-0.3, -0.25) is 4.90 Å². The van der Waals surface area contributed by atoms with E-state index in [1.807, 2.05) is 6.20 Å². The summed E-state index contributed by atoms with van der Waals surface area (Å²) in [4.78, 5) is 15.1. The smallest absolute Gasteiger partial charge is 0.137 e. The number of benzene rings is 12. The van der Waals surface area contributed by atoms with Crippen LogP contribution in [0.5, 0.6) is 0 Å². The Kier molecular flexibility index (Phi) is 13.9. The minimum atomic E-state index is 0.0908. The highest BCUT2D eigenvalue weighted by Gasteiger charge is 2.34. The molecule has 88 heavy (non-hydrogen) atoms. The van der Waals surface area contributed by atoms with Crippen molar-refractivity contribution in [2.24, 2.45) is 5.41 Å². The molecule has 0 atom stereocenters. The third kappa shape index (κ3) is 10.3. The minimum Gasteiger partial charge on any atom is -0.321 e. The van der Waals surface area contributed by atoms with Crippen molar-refractivity contribution in [3.63, 3.8) is 0 Å². The van der Waals surface area contributed by atoms with Crippen LogP contribution in [0.1, 0.15) is 26.3 Å². The Morgan fingerprint density at radius 1 is 0.330 bits per heavy atom. The molecule has 0 bridgehead atoms. The summed E-state index contributed by atoms with van der Waals surface area (Å²) in [7, 11) is 0. The van der Waals surface area contributed by atoms with Crippen molar-refractivity contribution in [3.05, 3.63) is 321 Å². The Balaban J connectivity index is 0.918. The fraction of sp³-hybridized carbons (Fsp3) is 0.0723. The molecule has 0 unspecified atom stereocenters. The molecule has 422 valence electrons. The lowest BCUT2D eigenvalue weighted by Crippen LogP contribution is -2.25. The van der Waals surface area contributed by atoms with Crippen molar-refractivity contribution in [2.75, 3.05) is 26.3 Å². The number of nitrogens with zero attached hydrogens (tertiary/aromatic N) is 5. The van der Waals surface area contributed by atoms with E-state index in [-0.39, 0.29) is 5.41 Å². The van der Waals surface area contributed by atoms with E-state index in [1.54, 1.807) is 0 Å². The molecule has 0 N–H and O–H groups in total. The molecular weight excluding hydrogens is 1070 g/mol. The van der Waals surface area contributed by atoms with Crippen LogP contribution in [0.4, 0.5) is 57.0 Å². The number of hydrogen-bond acceptors (Lipinski definition) is 5. The van der Waals surface area contributed by atoms with Crippen molar-refractivity contribution in [2.45, 2.75) is 27.2 Å². The van der Waals surface area contributed by atoms with Gasteiger partial charge in [-0.05, 0) is 158 Å². The maximum Gasteiger partial charge on any atom is 0.137 e. The van der Waals surface area contributed by atoms with Crippen LogP contribution in [0.15, 0.2) is 316 Å². The molecule has 0 saturated heterocycles. The number of para-hydroxylation sites is 5. The Labute approximate surface area is 517 Å². The van der Waals surface area contributed by atoms with Crippen molar-refractivity contribution >= 4 is 57.0 Å². The topological polar surface area (TPSA) is 25.9 Å². The molecule has 0 aliphatic carbocycles. The summed E-state index contributed by atoms with van der Waals surface area (Å²) in [5.41, 5.74) is 27.3. The quantitative estimate of drug-likeness (QED) is 0.121. The van der Waals surface area contributed by atoms with Crippen LogP contribution in [0.25, 0.3) is 77.9 Å². The Bertz CT molecular complexity index is 4580. The first-order valence-electron chi connectivity index (χ1n) is 30.5. The van der Waals surface area contributed by atoms with Crippen molar-refractivity contribution in [3.8, 4) is 77.9 Å². The molecule has 0 spiro atoms. The molecule has 15 rings (SSSR count). The number of pyridine rings is 1. The third-order valence-corrected chi connectivity index (χ3v) is 17.1. The van der Waals surface area contributed by atoms with E-state index in [2.05, 4.69) is 350 Å². The standard InChI is InChI=1S/C83H65N5/c1-83(2,3)56-58-47-48-84-81(49-58)88-77-42-19-18-39-75(77)73-37-16-17-38-74(73)76-46-45-68(55-80(76)88)87(67-35-14-7-15-36-67)70-53-66(61-29-12-6-13-30-61)52-69(54-70)85-57-86(79-44-21-20-43-78(79)85)82-71(64-33-22-31-62(50-64)59-25-8-4-9-26-59)40-24-41-72(82)65-34-23-32-63(51-65)60-27-10-5-11-28-60/h4-55H,56-57H2,1-3H3. The largest absolute Gasteiger partial charge is 0.321 e. The zero-order chi connectivity index (χ0) is 59.1. The molecule has 12 aromatic carbocycles. The van der Waals surface area contributed by atoms with Gasteiger partial charge in [0.1, 0.15) is 12.5 Å². The molecule has 2 aliphatic heterocycles. The van der Waals surface area contributed by atoms with Gasteiger partial charge in [0, 0.05) is 51.2 Å². The lowest BCUT2D eigenvalue weighted by molar-refractivity contribution is 0.411. The van der Waals surface area contributed by atoms with E-state index in [0.29, 0.717) is 6.67 Å². The van der Waals surface area contributed by atoms with Gasteiger partial charge in [-0.25, -0.2) is 4.98 Å². The molecule has 0 fully saturated rings. The van der Waals surface area contributed by atoms with Crippen LogP contribution in [0.3, 0.4) is 0 Å². The maximum absolute atomic E-state index is 5.21. The molecule has 13 aromatic rings. The van der Waals surface area contributed by atoms with Crippen LogP contribution in [-0.2, 0) is 6.42 Å². The highest BCUT2D eigenvalue weighted by Crippen LogP contribution is 2.55. The first-order valence-corrected chi connectivity index (χ1v) is 30.5. The van der Waals surface area contributed by atoms with Crippen LogP contribution < -0.4 is 19.6 Å². The fourth-order valence-corrected chi connectivity index (χ4v) is 13.2. The maximum atomic E-state index is 5.21. The minimum absolute atomic E-state index is 0.0908. The number of anilines is 10. The molecule has 3 heterocycles. The first kappa shape index (κ1) is 53.7. The summed E-state index contributed by atoms with van der Waals surface area (Å²) < 4.78 is 0. The summed E-state index contributed by atoms with van der Waals surface area (Å²) in [6.07, 6.45) is 2.91. The Morgan fingerprint density at radius 3 is 1.41 bits per heavy atom. The van der Waals surface area contributed by atoms with Crippen LogP contribution in [0.2, 0.25) is 0 Å². The monoisotopic (exact) mass is 1130 g/mol. The third-order valence-electron chi connectivity index (χ3n) is 17.1. The lowest BCUT2D eigenvalue weighted by atomic mass is 9.88. The SMILES string of the molecule is CC(C)(C)Cc1ccnc(N2c3ccccc3-c3ccccc3-c3ccc(N(c4ccccc4)c4cc(-c5ccccc5)cc(N5CN(c6c(-c7cccc(-c8ccccc8)c7)cccc6-c6cccc(-c7ccccc7)c6)c6ccccc65)c4)cc32)c1. The lowest BCUT2D eigenvalue weighted by Gasteiger charge is -2.31.